The summed E-state index contributed by atoms with van der Waals surface area (Å²) in [7, 11) is 15.4. The van der Waals surface area contributed by atoms with Gasteiger partial charge in [-0.25, -0.2) is 0 Å². The summed E-state index contributed by atoms with van der Waals surface area (Å²) >= 11 is 1.34. The number of aryl methyl sites for hydroxylation is 3. The minimum absolute atomic E-state index is 0.696. The van der Waals surface area contributed by atoms with Gasteiger partial charge in [0.25, 0.3) is 0 Å². The predicted octanol–water partition coefficient (Wildman–Crippen LogP) is 5.16. The summed E-state index contributed by atoms with van der Waals surface area (Å²) in [4.78, 5) is 0. The Morgan fingerprint density at radius 3 is 1.48 bits per heavy atom. The first-order valence-corrected chi connectivity index (χ1v) is 22.2. The van der Waals surface area contributed by atoms with Gasteiger partial charge in [0.15, 0.2) is 0 Å². The van der Waals surface area contributed by atoms with Crippen LogP contribution in [-0.2, 0) is 0 Å². The molecule has 3 rings (SSSR count). The van der Waals surface area contributed by atoms with Crippen LogP contribution < -0.4 is 9.81 Å². The molecular weight excluding hydrogens is 568 g/mol. The van der Waals surface area contributed by atoms with E-state index in [2.05, 4.69) is 38.1 Å². The summed E-state index contributed by atoms with van der Waals surface area (Å²) in [5.41, 5.74) is 3.28. The number of hydrogen-bond acceptors (Lipinski definition) is 0. The van der Waals surface area contributed by atoms with Gasteiger partial charge >= 0.3 is 164 Å². The number of benzene rings is 3. The minimum atomic E-state index is -4.87. The van der Waals surface area contributed by atoms with Crippen molar-refractivity contribution in [1.82, 2.24) is 0 Å². The van der Waals surface area contributed by atoms with Crippen molar-refractivity contribution >= 4 is 54.8 Å². The molecule has 0 nitrogen and oxygen atoms in total. The Balaban J connectivity index is 2.49. The molecule has 0 atom stereocenters. The average molecular weight is 588 g/mol. The molecule has 0 radical (unpaired) electrons. The maximum atomic E-state index is 7.68. The number of rotatable bonds is 3. The number of halogens is 3. The fraction of sp³-hybridized carbons (Fsp3) is 0.143. The van der Waals surface area contributed by atoms with Gasteiger partial charge in [0.05, 0.1) is 0 Å². The first kappa shape index (κ1) is 19.2. The molecular formula is C21H20BiCl3. The van der Waals surface area contributed by atoms with E-state index in [1.807, 2.05) is 49.4 Å². The van der Waals surface area contributed by atoms with Gasteiger partial charge in [-0.1, -0.05) is 0 Å². The fourth-order valence-electron chi connectivity index (χ4n) is 3.46. The van der Waals surface area contributed by atoms with E-state index >= 15 is 0 Å². The van der Waals surface area contributed by atoms with Crippen LogP contribution in [0.1, 0.15) is 16.7 Å². The summed E-state index contributed by atoms with van der Waals surface area (Å²) in [6, 6.07) is 22.3. The zero-order valence-corrected chi connectivity index (χ0v) is 20.2. The molecule has 3 aromatic rings. The predicted molar refractivity (Wildman–Crippen MR) is 115 cm³/mol. The molecule has 130 valence electrons. The molecule has 4 heteroatoms. The van der Waals surface area contributed by atoms with Crippen LogP contribution in [0.5, 0.6) is 0 Å². The molecule has 25 heavy (non-hydrogen) atoms. The normalized spacial score (nSPS) is 13.3. The topological polar surface area (TPSA) is 0 Å². The van der Waals surface area contributed by atoms with Crippen molar-refractivity contribution in [3.8, 4) is 0 Å². The molecule has 0 saturated carbocycles. The molecule has 0 heterocycles. The van der Waals surface area contributed by atoms with E-state index in [9.17, 15) is 0 Å². The van der Waals surface area contributed by atoms with Crippen LogP contribution in [0.25, 0.3) is 0 Å². The number of hydrogen-bond donors (Lipinski definition) is 0. The molecule has 3 aromatic carbocycles. The third-order valence-electron chi connectivity index (χ3n) is 4.66. The third kappa shape index (κ3) is 3.15. The second-order valence-electron chi connectivity index (χ2n) is 6.41. The van der Waals surface area contributed by atoms with E-state index in [0.717, 1.165) is 26.5 Å². The Morgan fingerprint density at radius 2 is 1.04 bits per heavy atom. The molecule has 0 fully saturated rings. The summed E-state index contributed by atoms with van der Waals surface area (Å²) in [5, 5.41) is 0.696. The first-order chi connectivity index (χ1) is 11.7. The van der Waals surface area contributed by atoms with Gasteiger partial charge in [-0.3, -0.25) is 0 Å². The molecule has 0 saturated heterocycles. The first-order valence-electron chi connectivity index (χ1n) is 8.09. The Kier molecular flexibility index (Phi) is 5.26. The van der Waals surface area contributed by atoms with Crippen LogP contribution >= 0.6 is 28.6 Å². The second-order valence-corrected chi connectivity index (χ2v) is 32.9. The fourth-order valence-corrected chi connectivity index (χ4v) is 28.8. The van der Waals surface area contributed by atoms with Gasteiger partial charge in [0, 0.05) is 0 Å². The van der Waals surface area contributed by atoms with Crippen LogP contribution in [0, 0.1) is 20.8 Å². The van der Waals surface area contributed by atoms with E-state index in [-0.39, 0.29) is 0 Å². The van der Waals surface area contributed by atoms with Gasteiger partial charge in [0.1, 0.15) is 0 Å². The van der Waals surface area contributed by atoms with Gasteiger partial charge < -0.3 is 0 Å². The molecule has 0 aliphatic carbocycles. The molecule has 0 N–H and O–H groups in total. The van der Waals surface area contributed by atoms with E-state index in [0.29, 0.717) is 5.02 Å². The maximum absolute atomic E-state index is 7.68. The van der Waals surface area contributed by atoms with Crippen LogP contribution in [0.2, 0.25) is 5.02 Å². The van der Waals surface area contributed by atoms with Gasteiger partial charge in [0.2, 0.25) is 0 Å². The molecule has 0 aromatic heterocycles. The van der Waals surface area contributed by atoms with Crippen molar-refractivity contribution in [2.75, 3.05) is 0 Å². The molecule has 0 aliphatic heterocycles. The van der Waals surface area contributed by atoms with Crippen LogP contribution in [-0.4, -0.2) is 16.4 Å². The average Bonchev–Trinajstić information content (AvgIpc) is 2.55. The molecule has 0 aliphatic rings. The second kappa shape index (κ2) is 6.86. The Hall–Kier alpha value is -0.587. The van der Waals surface area contributed by atoms with Gasteiger partial charge in [-0.2, -0.15) is 0 Å². The van der Waals surface area contributed by atoms with Crippen molar-refractivity contribution in [1.29, 1.82) is 0 Å². The standard InChI is InChI=1S/C7H6Cl.2C7H7.Bi.2ClH/c1-6-3-2-4-7(8)5-6;2*1-7-5-3-2-4-6-7;;;/h2,4-5H,1H3;2*2-5H,1H3;;2*1H/q;;;+2;;/p-2. The third-order valence-corrected chi connectivity index (χ3v) is 30.2. The van der Waals surface area contributed by atoms with Gasteiger partial charge in [-0.15, -0.1) is 0 Å². The zero-order chi connectivity index (χ0) is 18.3. The van der Waals surface area contributed by atoms with Crippen molar-refractivity contribution in [2.24, 2.45) is 0 Å². The summed E-state index contributed by atoms with van der Waals surface area (Å²) in [5.74, 6) is 0. The quantitative estimate of drug-likeness (QED) is 0.372. The van der Waals surface area contributed by atoms with Gasteiger partial charge in [-0.05, 0) is 0 Å². The van der Waals surface area contributed by atoms with E-state index in [1.54, 1.807) is 0 Å². The molecule has 0 unspecified atom stereocenters. The molecule has 0 bridgehead atoms. The van der Waals surface area contributed by atoms with Crippen molar-refractivity contribution in [2.45, 2.75) is 20.8 Å². The Morgan fingerprint density at radius 1 is 0.600 bits per heavy atom. The SMILES string of the molecule is Cc1cccc[c]1[Bi]([Cl])([Cl])([c]1ccccc1C)[c]1ccc(Cl)cc1C. The van der Waals surface area contributed by atoms with Crippen molar-refractivity contribution in [3.05, 3.63) is 88.4 Å². The monoisotopic (exact) mass is 586 g/mol. The van der Waals surface area contributed by atoms with Crippen molar-refractivity contribution < 1.29 is 0 Å². The molecule has 0 spiro atoms. The summed E-state index contributed by atoms with van der Waals surface area (Å²) < 4.78 is 3.16. The van der Waals surface area contributed by atoms with E-state index in [4.69, 9.17) is 28.6 Å². The molecule has 0 amide bonds. The van der Waals surface area contributed by atoms with E-state index < -0.39 is 16.4 Å². The Labute approximate surface area is 163 Å². The van der Waals surface area contributed by atoms with E-state index in [1.165, 1.54) is 0 Å². The summed E-state index contributed by atoms with van der Waals surface area (Å²) in [6.07, 6.45) is 0. The van der Waals surface area contributed by atoms with Crippen LogP contribution in [0.15, 0.2) is 66.7 Å². The summed E-state index contributed by atoms with van der Waals surface area (Å²) in [6.45, 7) is 6.20. The zero-order valence-electron chi connectivity index (χ0n) is 14.4. The van der Waals surface area contributed by atoms with Crippen molar-refractivity contribution in [3.63, 3.8) is 0 Å². The van der Waals surface area contributed by atoms with Crippen LogP contribution in [0.3, 0.4) is 0 Å². The Bertz CT molecular complexity index is 898. The van der Waals surface area contributed by atoms with Crippen LogP contribution in [0.4, 0.5) is 0 Å².